The Labute approximate surface area is 415 Å². The number of ether oxygens (including phenoxy) is 1. The topological polar surface area (TPSA) is 279 Å². The van der Waals surface area contributed by atoms with E-state index in [0.29, 0.717) is 0 Å². The van der Waals surface area contributed by atoms with E-state index >= 15 is 0 Å². The largest absolute Gasteiger partial charge is 0.394 e. The summed E-state index contributed by atoms with van der Waals surface area (Å²) in [6, 6.07) is 0. The van der Waals surface area contributed by atoms with Gasteiger partial charge in [-0.25, -0.2) is 0 Å². The molecule has 9 N–H and O–H groups in total. The number of halogens is 6. The quantitative estimate of drug-likeness (QED) is 0.0854. The molecule has 0 aliphatic carbocycles. The minimum absolute atomic E-state index is 0.00393. The first-order chi connectivity index (χ1) is 27.1. The van der Waals surface area contributed by atoms with Crippen molar-refractivity contribution in [1.82, 2.24) is 20.4 Å². The lowest BCUT2D eigenvalue weighted by molar-refractivity contribution is -0.119. The van der Waals surface area contributed by atoms with E-state index in [0.717, 1.165) is 14.7 Å². The third-order valence-corrected chi connectivity index (χ3v) is 14.4. The first-order valence-corrected chi connectivity index (χ1v) is 23.0. The van der Waals surface area contributed by atoms with Crippen LogP contribution in [0.15, 0.2) is 0 Å². The van der Waals surface area contributed by atoms with E-state index in [4.69, 9.17) is 4.74 Å². The third-order valence-electron chi connectivity index (χ3n) is 7.94. The number of carbonyl (C=O) groups is 6. The number of hydrogen-bond donors (Lipinski definition) is 9. The number of nitrogens with zero attached hydrogens (tertiary/aromatic N) is 3. The van der Waals surface area contributed by atoms with Crippen molar-refractivity contribution in [3.63, 3.8) is 0 Å². The highest BCUT2D eigenvalue weighted by Gasteiger charge is 2.34. The van der Waals surface area contributed by atoms with Gasteiger partial charge >= 0.3 is 0 Å². The standard InChI is InChI=1S/C33H40I6N6O13/c1-43(7-14(50)10-47)32(56)20-23(35)21(33(57)44(2)8-15(51)11-48)27(39)29(26(20)38)45(3)17(53)6-41-31(55)19-22(34)18(30(54)40-5-13(49)9-46)24(36)28(25(19)37)42-16(52)12-58-4/h13-15,46-51H,5-12H2,1-4H3,(H,40,54)(H,41,55)(H,42,52). The Morgan fingerprint density at radius 2 is 1.03 bits per heavy atom. The van der Waals surface area contributed by atoms with Gasteiger partial charge in [0, 0.05) is 55.0 Å². The van der Waals surface area contributed by atoms with Gasteiger partial charge in [0.05, 0.1) is 92.6 Å². The number of benzene rings is 2. The molecule has 0 fully saturated rings. The fourth-order valence-electron chi connectivity index (χ4n) is 4.95. The first kappa shape index (κ1) is 53.5. The van der Waals surface area contributed by atoms with E-state index in [-0.39, 0.29) is 81.3 Å². The second-order valence-electron chi connectivity index (χ2n) is 12.3. The highest BCUT2D eigenvalue weighted by molar-refractivity contribution is 14.1. The van der Waals surface area contributed by atoms with Crippen LogP contribution in [0.1, 0.15) is 41.4 Å². The van der Waals surface area contributed by atoms with Crippen molar-refractivity contribution in [2.75, 3.05) is 91.1 Å². The fourth-order valence-corrected chi connectivity index (χ4v) is 14.2. The molecule has 2 rings (SSSR count). The molecule has 0 bridgehead atoms. The summed E-state index contributed by atoms with van der Waals surface area (Å²) in [7, 11) is 5.45. The summed E-state index contributed by atoms with van der Waals surface area (Å²) in [5.74, 6) is -4.14. The zero-order valence-electron chi connectivity index (χ0n) is 31.0. The number of anilines is 2. The van der Waals surface area contributed by atoms with Crippen LogP contribution in [0.3, 0.4) is 0 Å². The molecule has 3 atom stereocenters. The molecule has 0 spiro atoms. The molecule has 2 aromatic rings. The normalized spacial score (nSPS) is 12.6. The van der Waals surface area contributed by atoms with Crippen molar-refractivity contribution in [1.29, 1.82) is 0 Å². The second-order valence-corrected chi connectivity index (χ2v) is 18.8. The highest BCUT2D eigenvalue weighted by Crippen LogP contribution is 2.39. The summed E-state index contributed by atoms with van der Waals surface area (Å²) in [5.41, 5.74) is 0.115. The smallest absolute Gasteiger partial charge is 0.255 e. The van der Waals surface area contributed by atoms with Crippen LogP contribution in [-0.2, 0) is 14.3 Å². The molecule has 0 aliphatic rings. The average molecular weight is 1490 g/mol. The molecule has 19 nitrogen and oxygen atoms in total. The number of nitrogens with one attached hydrogen (secondary N) is 3. The molecule has 3 unspecified atom stereocenters. The Kier molecular flexibility index (Phi) is 22.9. The highest BCUT2D eigenvalue weighted by atomic mass is 127. The Balaban J connectivity index is 2.69. The number of hydrogen-bond acceptors (Lipinski definition) is 13. The Hall–Kier alpha value is -0.640. The predicted octanol–water partition coefficient (Wildman–Crippen LogP) is 0.225. The molecule has 0 saturated carbocycles. The number of rotatable bonds is 19. The Morgan fingerprint density at radius 1 is 0.621 bits per heavy atom. The monoisotopic (exact) mass is 1490 g/mol. The number of aliphatic hydroxyl groups excluding tert-OH is 6. The zero-order valence-corrected chi connectivity index (χ0v) is 44.0. The molecule has 2 aromatic carbocycles. The summed E-state index contributed by atoms with van der Waals surface area (Å²) in [6.45, 7) is -3.71. The van der Waals surface area contributed by atoms with E-state index < -0.39 is 80.1 Å². The second kappa shape index (κ2) is 24.9. The SMILES string of the molecule is COCC(=O)Nc1c(I)c(C(=O)NCC(=O)N(C)c2c(I)c(C(=O)N(C)CC(O)CO)c(I)c(C(=O)N(C)CC(O)CO)c2I)c(I)c(C(=O)NCC(O)CO)c1I. The van der Waals surface area contributed by atoms with Crippen LogP contribution in [0.2, 0.25) is 0 Å². The molecular formula is C33H40I6N6O13. The molecule has 322 valence electrons. The van der Waals surface area contributed by atoms with Gasteiger partial charge in [0.1, 0.15) is 6.61 Å². The maximum Gasteiger partial charge on any atom is 0.255 e. The van der Waals surface area contributed by atoms with E-state index in [1.807, 2.05) is 113 Å². The van der Waals surface area contributed by atoms with Crippen molar-refractivity contribution < 1.29 is 64.1 Å². The number of amides is 6. The number of carbonyl (C=O) groups excluding carboxylic acids is 6. The molecule has 58 heavy (non-hydrogen) atoms. The molecule has 0 aliphatic heterocycles. The molecule has 6 amide bonds. The number of likely N-dealkylation sites (N-methyl/N-ethyl adjacent to an activating group) is 3. The van der Waals surface area contributed by atoms with Gasteiger partial charge in [-0.15, -0.1) is 0 Å². The molecule has 0 saturated heterocycles. The summed E-state index contributed by atoms with van der Waals surface area (Å²) < 4.78 is 6.19. The lowest BCUT2D eigenvalue weighted by Gasteiger charge is -2.28. The van der Waals surface area contributed by atoms with Gasteiger partial charge in [0.25, 0.3) is 23.6 Å². The fraction of sp³-hybridized carbons (Fsp3) is 0.455. The average Bonchev–Trinajstić information content (AvgIpc) is 3.17. The molecular weight excluding hydrogens is 1450 g/mol. The first-order valence-electron chi connectivity index (χ1n) is 16.5. The Bertz CT molecular complexity index is 1850. The summed E-state index contributed by atoms with van der Waals surface area (Å²) >= 11 is 11.0. The molecule has 0 radical (unpaired) electrons. The zero-order chi connectivity index (χ0) is 44.3. The summed E-state index contributed by atoms with van der Waals surface area (Å²) in [6.07, 6.45) is -3.80. The van der Waals surface area contributed by atoms with Crippen molar-refractivity contribution in [3.05, 3.63) is 43.7 Å². The number of aliphatic hydroxyl groups is 6. The van der Waals surface area contributed by atoms with Crippen molar-refractivity contribution >= 4 is 182 Å². The maximum atomic E-state index is 13.9. The number of methoxy groups -OCH3 is 1. The maximum absolute atomic E-state index is 13.9. The molecule has 0 heterocycles. The van der Waals surface area contributed by atoms with Gasteiger partial charge in [-0.05, 0) is 136 Å². The summed E-state index contributed by atoms with van der Waals surface area (Å²) in [5, 5.41) is 65.6. The van der Waals surface area contributed by atoms with E-state index in [1.165, 1.54) is 28.3 Å². The Morgan fingerprint density at radius 3 is 1.45 bits per heavy atom. The van der Waals surface area contributed by atoms with E-state index in [9.17, 15) is 59.4 Å². The van der Waals surface area contributed by atoms with Gasteiger partial charge in [-0.2, -0.15) is 0 Å². The lowest BCUT2D eigenvalue weighted by Crippen LogP contribution is -2.41. The van der Waals surface area contributed by atoms with E-state index in [2.05, 4.69) is 16.0 Å². The van der Waals surface area contributed by atoms with Crippen LogP contribution in [0.4, 0.5) is 11.4 Å². The third kappa shape index (κ3) is 13.4. The van der Waals surface area contributed by atoms with Crippen LogP contribution >= 0.6 is 136 Å². The van der Waals surface area contributed by atoms with Crippen molar-refractivity contribution in [3.8, 4) is 0 Å². The van der Waals surface area contributed by atoms with Crippen LogP contribution in [0, 0.1) is 21.4 Å². The van der Waals surface area contributed by atoms with Crippen LogP contribution in [0.25, 0.3) is 0 Å². The van der Waals surface area contributed by atoms with Crippen LogP contribution < -0.4 is 20.9 Å². The van der Waals surface area contributed by atoms with Crippen molar-refractivity contribution in [2.45, 2.75) is 18.3 Å². The molecule has 25 heteroatoms. The van der Waals surface area contributed by atoms with Gasteiger partial charge in [0.2, 0.25) is 11.8 Å². The van der Waals surface area contributed by atoms with Crippen molar-refractivity contribution in [2.24, 2.45) is 0 Å². The lowest BCUT2D eigenvalue weighted by atomic mass is 10.1. The predicted molar refractivity (Wildman–Crippen MR) is 261 cm³/mol. The van der Waals surface area contributed by atoms with Crippen LogP contribution in [-0.4, -0.2) is 175 Å². The van der Waals surface area contributed by atoms with E-state index in [1.54, 1.807) is 22.6 Å². The van der Waals surface area contributed by atoms with Gasteiger partial charge in [-0.1, -0.05) is 0 Å². The summed E-state index contributed by atoms with van der Waals surface area (Å²) in [4.78, 5) is 85.1. The molecule has 0 aromatic heterocycles. The van der Waals surface area contributed by atoms with Gasteiger partial charge in [0.15, 0.2) is 0 Å². The minimum Gasteiger partial charge on any atom is -0.394 e. The van der Waals surface area contributed by atoms with Gasteiger partial charge < -0.3 is 66.0 Å². The van der Waals surface area contributed by atoms with Gasteiger partial charge in [-0.3, -0.25) is 28.8 Å². The minimum atomic E-state index is -1.27. The van der Waals surface area contributed by atoms with Crippen LogP contribution in [0.5, 0.6) is 0 Å².